The minimum absolute atomic E-state index is 0.174. The summed E-state index contributed by atoms with van der Waals surface area (Å²) >= 11 is 1.72. The van der Waals surface area contributed by atoms with Crippen LogP contribution in [0.5, 0.6) is 0 Å². The van der Waals surface area contributed by atoms with E-state index in [1.165, 1.54) is 0 Å². The van der Waals surface area contributed by atoms with Crippen molar-refractivity contribution in [3.8, 4) is 0 Å². The molecule has 0 saturated carbocycles. The Balaban J connectivity index is 1.87. The lowest BCUT2D eigenvalue weighted by Crippen LogP contribution is -2.41. The molecule has 0 aliphatic carbocycles. The number of para-hydroxylation sites is 2. The molecule has 1 atom stereocenters. The van der Waals surface area contributed by atoms with Crippen LogP contribution in [-0.4, -0.2) is 31.4 Å². The van der Waals surface area contributed by atoms with E-state index < -0.39 is 0 Å². The van der Waals surface area contributed by atoms with E-state index in [0.29, 0.717) is 6.54 Å². The van der Waals surface area contributed by atoms with Gasteiger partial charge in [-0.25, -0.2) is 4.79 Å². The smallest absolute Gasteiger partial charge is 0.319 e. The Hall–Kier alpha value is -2.14. The van der Waals surface area contributed by atoms with Gasteiger partial charge in [-0.15, -0.1) is 11.8 Å². The first-order chi connectivity index (χ1) is 11.6. The minimum atomic E-state index is -0.174. The van der Waals surface area contributed by atoms with E-state index in [4.69, 9.17) is 0 Å². The lowest BCUT2D eigenvalue weighted by atomic mass is 10.2. The number of rotatable bonds is 7. The highest BCUT2D eigenvalue weighted by molar-refractivity contribution is 7.99. The molecule has 24 heavy (non-hydrogen) atoms. The Labute approximate surface area is 148 Å². The SMILES string of the molecule is CCSc1ccccc1NC(=O)NC[C@H](C)N(C)c1ccccc1. The molecule has 5 heteroatoms. The third kappa shape index (κ3) is 5.20. The lowest BCUT2D eigenvalue weighted by Gasteiger charge is -2.27. The first kappa shape index (κ1) is 18.2. The van der Waals surface area contributed by atoms with Gasteiger partial charge in [0, 0.05) is 30.2 Å². The standard InChI is InChI=1S/C19H25N3OS/c1-4-24-18-13-9-8-12-17(18)21-19(23)20-14-15(2)22(3)16-10-6-5-7-11-16/h5-13,15H,4,14H2,1-3H3,(H2,20,21,23)/t15-/m0/s1. The zero-order chi connectivity index (χ0) is 17.4. The van der Waals surface area contributed by atoms with Gasteiger partial charge in [-0.05, 0) is 36.9 Å². The van der Waals surface area contributed by atoms with E-state index in [1.54, 1.807) is 11.8 Å². The Morgan fingerprint density at radius 1 is 1.12 bits per heavy atom. The predicted molar refractivity (Wildman–Crippen MR) is 104 cm³/mol. The molecule has 2 rings (SSSR count). The Bertz CT molecular complexity index is 648. The highest BCUT2D eigenvalue weighted by Crippen LogP contribution is 2.26. The van der Waals surface area contributed by atoms with Crippen LogP contribution in [0.15, 0.2) is 59.5 Å². The van der Waals surface area contributed by atoms with Gasteiger partial charge < -0.3 is 15.5 Å². The van der Waals surface area contributed by atoms with Crippen LogP contribution in [0.2, 0.25) is 0 Å². The summed E-state index contributed by atoms with van der Waals surface area (Å²) in [5, 5.41) is 5.89. The summed E-state index contributed by atoms with van der Waals surface area (Å²) in [5.41, 5.74) is 1.99. The van der Waals surface area contributed by atoms with Crippen molar-refractivity contribution in [2.75, 3.05) is 29.6 Å². The average molecular weight is 343 g/mol. The lowest BCUT2D eigenvalue weighted by molar-refractivity contribution is 0.251. The quantitative estimate of drug-likeness (QED) is 0.730. The predicted octanol–water partition coefficient (Wildman–Crippen LogP) is 4.45. The molecule has 2 N–H and O–H groups in total. The fraction of sp³-hybridized carbons (Fsp3) is 0.316. The van der Waals surface area contributed by atoms with Crippen LogP contribution in [0.25, 0.3) is 0 Å². The molecule has 0 bridgehead atoms. The van der Waals surface area contributed by atoms with Crippen LogP contribution in [0.3, 0.4) is 0 Å². The molecule has 0 aliphatic heterocycles. The number of nitrogens with zero attached hydrogens (tertiary/aromatic N) is 1. The average Bonchev–Trinajstić information content (AvgIpc) is 2.61. The number of carbonyl (C=O) groups excluding carboxylic acids is 1. The van der Waals surface area contributed by atoms with Crippen molar-refractivity contribution in [3.05, 3.63) is 54.6 Å². The van der Waals surface area contributed by atoms with Crippen LogP contribution in [0.1, 0.15) is 13.8 Å². The summed E-state index contributed by atoms with van der Waals surface area (Å²) in [6, 6.07) is 18.0. The summed E-state index contributed by atoms with van der Waals surface area (Å²) in [6.07, 6.45) is 0. The number of anilines is 2. The van der Waals surface area contributed by atoms with Gasteiger partial charge in [0.2, 0.25) is 0 Å². The Kier molecular flexibility index (Phi) is 7.00. The van der Waals surface area contributed by atoms with Crippen LogP contribution in [-0.2, 0) is 0 Å². The second kappa shape index (κ2) is 9.23. The molecular formula is C19H25N3OS. The molecule has 4 nitrogen and oxygen atoms in total. The van der Waals surface area contributed by atoms with Crippen LogP contribution >= 0.6 is 11.8 Å². The fourth-order valence-corrected chi connectivity index (χ4v) is 3.07. The number of benzene rings is 2. The number of nitrogens with one attached hydrogen (secondary N) is 2. The first-order valence-electron chi connectivity index (χ1n) is 8.16. The zero-order valence-corrected chi connectivity index (χ0v) is 15.3. The molecule has 0 radical (unpaired) electrons. The van der Waals surface area contributed by atoms with Gasteiger partial charge in [0.05, 0.1) is 5.69 Å². The second-order valence-electron chi connectivity index (χ2n) is 5.56. The number of thioether (sulfide) groups is 1. The maximum atomic E-state index is 12.2. The van der Waals surface area contributed by atoms with E-state index in [1.807, 2.05) is 49.5 Å². The van der Waals surface area contributed by atoms with Crippen molar-refractivity contribution in [1.82, 2.24) is 5.32 Å². The maximum Gasteiger partial charge on any atom is 0.319 e. The molecule has 2 aromatic carbocycles. The van der Waals surface area contributed by atoms with Crippen molar-refractivity contribution in [1.29, 1.82) is 0 Å². The highest BCUT2D eigenvalue weighted by Gasteiger charge is 2.12. The van der Waals surface area contributed by atoms with Gasteiger partial charge >= 0.3 is 6.03 Å². The largest absolute Gasteiger partial charge is 0.370 e. The zero-order valence-electron chi connectivity index (χ0n) is 14.5. The fourth-order valence-electron chi connectivity index (χ4n) is 2.31. The van der Waals surface area contributed by atoms with Crippen LogP contribution < -0.4 is 15.5 Å². The molecule has 2 amide bonds. The number of urea groups is 1. The summed E-state index contributed by atoms with van der Waals surface area (Å²) in [4.78, 5) is 15.4. The van der Waals surface area contributed by atoms with E-state index in [2.05, 4.69) is 41.5 Å². The molecule has 0 aromatic heterocycles. The molecule has 0 heterocycles. The molecule has 0 saturated heterocycles. The van der Waals surface area contributed by atoms with E-state index in [-0.39, 0.29) is 12.1 Å². The summed E-state index contributed by atoms with van der Waals surface area (Å²) in [6.45, 7) is 4.76. The van der Waals surface area contributed by atoms with Gasteiger partial charge in [0.1, 0.15) is 0 Å². The van der Waals surface area contributed by atoms with Crippen molar-refractivity contribution < 1.29 is 4.79 Å². The Morgan fingerprint density at radius 2 is 1.79 bits per heavy atom. The summed E-state index contributed by atoms with van der Waals surface area (Å²) < 4.78 is 0. The normalized spacial score (nSPS) is 11.6. The van der Waals surface area contributed by atoms with Crippen molar-refractivity contribution in [2.24, 2.45) is 0 Å². The number of carbonyl (C=O) groups is 1. The molecule has 0 fully saturated rings. The number of hydrogen-bond acceptors (Lipinski definition) is 3. The molecular weight excluding hydrogens is 318 g/mol. The van der Waals surface area contributed by atoms with E-state index in [0.717, 1.165) is 22.0 Å². The summed E-state index contributed by atoms with van der Waals surface area (Å²) in [7, 11) is 2.03. The van der Waals surface area contributed by atoms with E-state index in [9.17, 15) is 4.79 Å². The topological polar surface area (TPSA) is 44.4 Å². The van der Waals surface area contributed by atoms with E-state index >= 15 is 0 Å². The van der Waals surface area contributed by atoms with Gasteiger partial charge in [-0.1, -0.05) is 37.3 Å². The molecule has 0 spiro atoms. The highest BCUT2D eigenvalue weighted by atomic mass is 32.2. The number of hydrogen-bond donors (Lipinski definition) is 2. The van der Waals surface area contributed by atoms with Crippen molar-refractivity contribution >= 4 is 29.2 Å². The third-order valence-electron chi connectivity index (χ3n) is 3.82. The monoisotopic (exact) mass is 343 g/mol. The first-order valence-corrected chi connectivity index (χ1v) is 9.15. The number of amides is 2. The third-order valence-corrected chi connectivity index (χ3v) is 4.77. The molecule has 128 valence electrons. The second-order valence-corrected chi connectivity index (χ2v) is 6.87. The van der Waals surface area contributed by atoms with Gasteiger partial charge in [-0.3, -0.25) is 0 Å². The van der Waals surface area contributed by atoms with Gasteiger partial charge in [0.15, 0.2) is 0 Å². The Morgan fingerprint density at radius 3 is 2.50 bits per heavy atom. The van der Waals surface area contributed by atoms with Gasteiger partial charge in [0.25, 0.3) is 0 Å². The minimum Gasteiger partial charge on any atom is -0.370 e. The molecule has 2 aromatic rings. The molecule has 0 unspecified atom stereocenters. The number of likely N-dealkylation sites (N-methyl/N-ethyl adjacent to an activating group) is 1. The maximum absolute atomic E-state index is 12.2. The van der Waals surface area contributed by atoms with Crippen molar-refractivity contribution in [2.45, 2.75) is 24.8 Å². The molecule has 0 aliphatic rings. The van der Waals surface area contributed by atoms with Crippen molar-refractivity contribution in [3.63, 3.8) is 0 Å². The van der Waals surface area contributed by atoms with Crippen LogP contribution in [0.4, 0.5) is 16.2 Å². The summed E-state index contributed by atoms with van der Waals surface area (Å²) in [5.74, 6) is 0.971. The van der Waals surface area contributed by atoms with Crippen LogP contribution in [0, 0.1) is 0 Å². The van der Waals surface area contributed by atoms with Gasteiger partial charge in [-0.2, -0.15) is 0 Å².